The third kappa shape index (κ3) is 3.76. The lowest BCUT2D eigenvalue weighted by Gasteiger charge is -1.81. The van der Waals surface area contributed by atoms with Gasteiger partial charge in [0.1, 0.15) is 0 Å². The second-order valence-corrected chi connectivity index (χ2v) is 2.06. The Morgan fingerprint density at radius 1 is 1.83 bits per heavy atom. The summed E-state index contributed by atoms with van der Waals surface area (Å²) in [7, 11) is 0. The summed E-state index contributed by atoms with van der Waals surface area (Å²) in [5.74, 6) is 0. The van der Waals surface area contributed by atoms with Gasteiger partial charge < -0.3 is 0 Å². The molecule has 0 radical (unpaired) electrons. The minimum Gasteiger partial charge on any atom is -0.228 e. The van der Waals surface area contributed by atoms with E-state index in [0.717, 1.165) is 4.91 Å². The van der Waals surface area contributed by atoms with Crippen molar-refractivity contribution in [2.75, 3.05) is 0 Å². The van der Waals surface area contributed by atoms with Crippen molar-refractivity contribution < 1.29 is 0 Å². The van der Waals surface area contributed by atoms with Gasteiger partial charge in [0.05, 0.1) is 0 Å². The molecular weight excluding hydrogens is 94.1 g/mol. The van der Waals surface area contributed by atoms with Crippen LogP contribution in [0.2, 0.25) is 0 Å². The topological polar surface area (TPSA) is 12.4 Å². The number of allylic oxidation sites excluding steroid dienone is 1. The largest absolute Gasteiger partial charge is 0.228 e. The zero-order chi connectivity index (χ0) is 4.99. The summed E-state index contributed by atoms with van der Waals surface area (Å²) in [6.45, 7) is 8.72. The Morgan fingerprint density at radius 2 is 2.33 bits per heavy atom. The van der Waals surface area contributed by atoms with E-state index in [1.807, 2.05) is 6.92 Å². The molecule has 0 aliphatic rings. The summed E-state index contributed by atoms with van der Waals surface area (Å²) in [6, 6.07) is 0. The van der Waals surface area contributed by atoms with Crippen molar-refractivity contribution in [3.8, 4) is 0 Å². The van der Waals surface area contributed by atoms with Crippen LogP contribution in [0.5, 0.6) is 0 Å². The van der Waals surface area contributed by atoms with Gasteiger partial charge in [0.15, 0.2) is 0 Å². The molecule has 1 nitrogen and oxygen atoms in total. The molecule has 0 saturated heterocycles. The Balaban J connectivity index is 3.05. The maximum absolute atomic E-state index is 3.57. The summed E-state index contributed by atoms with van der Waals surface area (Å²) in [6.07, 6.45) is 0. The van der Waals surface area contributed by atoms with E-state index >= 15 is 0 Å². The Kier molecular flexibility index (Phi) is 2.85. The van der Waals surface area contributed by atoms with Crippen LogP contribution in [0.25, 0.3) is 0 Å². The number of rotatable bonds is 2. The van der Waals surface area contributed by atoms with Crippen molar-refractivity contribution in [2.24, 2.45) is 4.40 Å². The van der Waals surface area contributed by atoms with Gasteiger partial charge >= 0.3 is 0 Å². The van der Waals surface area contributed by atoms with Gasteiger partial charge in [-0.3, -0.25) is 0 Å². The Labute approximate surface area is 42.3 Å². The maximum Gasteiger partial charge on any atom is 0.00409 e. The van der Waals surface area contributed by atoms with Crippen LogP contribution in [-0.4, -0.2) is 6.72 Å². The second-order valence-electron chi connectivity index (χ2n) is 0.922. The van der Waals surface area contributed by atoms with Crippen LogP contribution in [-0.2, 0) is 0 Å². The van der Waals surface area contributed by atoms with Crippen LogP contribution in [0, 0.1) is 0 Å². The molecule has 0 fully saturated rings. The Bertz CT molecular complexity index is 67.9. The second kappa shape index (κ2) is 2.97. The van der Waals surface area contributed by atoms with E-state index in [0.29, 0.717) is 0 Å². The molecule has 0 heterocycles. The lowest BCUT2D eigenvalue weighted by molar-refractivity contribution is 1.72. The molecule has 0 bridgehead atoms. The summed E-state index contributed by atoms with van der Waals surface area (Å²) < 4.78 is 3.50. The van der Waals surface area contributed by atoms with Crippen LogP contribution in [0.4, 0.5) is 0 Å². The van der Waals surface area contributed by atoms with Gasteiger partial charge in [-0.05, 0) is 18.5 Å². The van der Waals surface area contributed by atoms with E-state index in [4.69, 9.17) is 0 Å². The molecule has 0 aliphatic carbocycles. The van der Waals surface area contributed by atoms with E-state index in [1.165, 1.54) is 11.9 Å². The van der Waals surface area contributed by atoms with Gasteiger partial charge in [-0.2, -0.15) is 0 Å². The third-order valence-electron chi connectivity index (χ3n) is 0.220. The van der Waals surface area contributed by atoms with Crippen LogP contribution in [0.1, 0.15) is 6.92 Å². The van der Waals surface area contributed by atoms with E-state index < -0.39 is 0 Å². The summed E-state index contributed by atoms with van der Waals surface area (Å²) in [5, 5.41) is 0. The van der Waals surface area contributed by atoms with Gasteiger partial charge in [0.25, 0.3) is 0 Å². The Morgan fingerprint density at radius 3 is 2.33 bits per heavy atom. The van der Waals surface area contributed by atoms with E-state index in [-0.39, 0.29) is 0 Å². The maximum atomic E-state index is 3.57. The fourth-order valence-corrected chi connectivity index (χ4v) is 0.331. The molecular formula is C4H7NS. The summed E-state index contributed by atoms with van der Waals surface area (Å²) >= 11 is 1.31. The smallest absolute Gasteiger partial charge is 0.00409 e. The molecule has 0 aromatic heterocycles. The number of hydrogen-bond donors (Lipinski definition) is 0. The van der Waals surface area contributed by atoms with Crippen LogP contribution in [0.15, 0.2) is 15.9 Å². The fourth-order valence-electron chi connectivity index (χ4n) is 0.110. The van der Waals surface area contributed by atoms with Crippen molar-refractivity contribution in [3.63, 3.8) is 0 Å². The molecule has 0 aromatic rings. The highest BCUT2D eigenvalue weighted by atomic mass is 32.2. The molecule has 0 saturated carbocycles. The first kappa shape index (κ1) is 5.76. The van der Waals surface area contributed by atoms with Crippen LogP contribution >= 0.6 is 11.9 Å². The molecule has 0 unspecified atom stereocenters. The molecule has 0 aliphatic heterocycles. The van der Waals surface area contributed by atoms with Gasteiger partial charge in [0.2, 0.25) is 0 Å². The quantitative estimate of drug-likeness (QED) is 0.382. The number of hydrogen-bond acceptors (Lipinski definition) is 2. The predicted molar refractivity (Wildman–Crippen MR) is 32.0 cm³/mol. The lowest BCUT2D eigenvalue weighted by Crippen LogP contribution is -1.49. The molecule has 0 N–H and O–H groups in total. The molecule has 0 spiro atoms. The van der Waals surface area contributed by atoms with Crippen molar-refractivity contribution in [3.05, 3.63) is 11.5 Å². The van der Waals surface area contributed by atoms with Gasteiger partial charge in [-0.25, -0.2) is 4.40 Å². The van der Waals surface area contributed by atoms with Crippen molar-refractivity contribution in [1.82, 2.24) is 0 Å². The minimum atomic E-state index is 0.977. The standard InChI is InChI=1S/C4H7NS/c1-4(2)6-5-3/h1,3H2,2H3. The zero-order valence-corrected chi connectivity index (χ0v) is 4.59. The highest BCUT2D eigenvalue weighted by Crippen LogP contribution is 2.10. The van der Waals surface area contributed by atoms with Gasteiger partial charge in [0, 0.05) is 11.9 Å². The number of nitrogens with zero attached hydrogens (tertiary/aromatic N) is 1. The highest BCUT2D eigenvalue weighted by Gasteiger charge is 1.73. The van der Waals surface area contributed by atoms with Crippen molar-refractivity contribution in [2.45, 2.75) is 6.92 Å². The van der Waals surface area contributed by atoms with Crippen molar-refractivity contribution in [1.29, 1.82) is 0 Å². The van der Waals surface area contributed by atoms with E-state index in [1.54, 1.807) is 0 Å². The lowest BCUT2D eigenvalue weighted by atomic mass is 10.8. The summed E-state index contributed by atoms with van der Waals surface area (Å²) in [5.41, 5.74) is 0. The minimum absolute atomic E-state index is 0.977. The first-order chi connectivity index (χ1) is 2.77. The van der Waals surface area contributed by atoms with Crippen LogP contribution < -0.4 is 0 Å². The normalized spacial score (nSPS) is 7.50. The van der Waals surface area contributed by atoms with E-state index in [2.05, 4.69) is 17.7 Å². The summed E-state index contributed by atoms with van der Waals surface area (Å²) in [4.78, 5) is 0.977. The molecule has 0 aromatic carbocycles. The molecule has 6 heavy (non-hydrogen) atoms. The zero-order valence-electron chi connectivity index (χ0n) is 3.77. The SMILES string of the molecule is C=NSC(=C)C. The van der Waals surface area contributed by atoms with E-state index in [9.17, 15) is 0 Å². The third-order valence-corrected chi connectivity index (χ3v) is 0.661. The Hall–Kier alpha value is -0.240. The monoisotopic (exact) mass is 101 g/mol. The van der Waals surface area contributed by atoms with Crippen molar-refractivity contribution >= 4 is 18.7 Å². The van der Waals surface area contributed by atoms with Crippen LogP contribution in [0.3, 0.4) is 0 Å². The predicted octanol–water partition coefficient (Wildman–Crippen LogP) is 1.87. The van der Waals surface area contributed by atoms with Gasteiger partial charge in [-0.1, -0.05) is 6.58 Å². The fraction of sp³-hybridized carbons (Fsp3) is 0.250. The molecule has 0 rings (SSSR count). The molecule has 0 atom stereocenters. The van der Waals surface area contributed by atoms with Gasteiger partial charge in [-0.15, -0.1) is 0 Å². The average Bonchev–Trinajstić information content (AvgIpc) is 1.35. The molecule has 0 amide bonds. The molecule has 2 heteroatoms. The average molecular weight is 101 g/mol. The first-order valence-corrected chi connectivity index (χ1v) is 2.33. The first-order valence-electron chi connectivity index (χ1n) is 1.56. The highest BCUT2D eigenvalue weighted by molar-refractivity contribution is 8.01. The molecule has 34 valence electrons.